The third-order valence-electron chi connectivity index (χ3n) is 7.11. The van der Waals surface area contributed by atoms with Crippen molar-refractivity contribution >= 4 is 23.4 Å². The van der Waals surface area contributed by atoms with Crippen molar-refractivity contribution in [2.45, 2.75) is 44.7 Å². The Morgan fingerprint density at radius 3 is 2.20 bits per heavy atom. The molecule has 1 heterocycles. The summed E-state index contributed by atoms with van der Waals surface area (Å²) in [6.07, 6.45) is 7.33. The average molecular weight is 362 g/mol. The highest BCUT2D eigenvalue weighted by molar-refractivity contribution is 5.85. The van der Waals surface area contributed by atoms with Gasteiger partial charge in [-0.2, -0.15) is 0 Å². The number of imidazole rings is 1. The summed E-state index contributed by atoms with van der Waals surface area (Å²) in [6, 6.07) is 7.16. The lowest BCUT2D eigenvalue weighted by molar-refractivity contribution is -0.0142. The molecular formula is C20H28ClN3O. The van der Waals surface area contributed by atoms with E-state index in [4.69, 9.17) is 0 Å². The van der Waals surface area contributed by atoms with Gasteiger partial charge < -0.3 is 5.32 Å². The summed E-state index contributed by atoms with van der Waals surface area (Å²) in [5.41, 5.74) is 3.39. The average Bonchev–Trinajstić information content (AvgIpc) is 2.78. The van der Waals surface area contributed by atoms with Crippen molar-refractivity contribution in [1.82, 2.24) is 14.5 Å². The van der Waals surface area contributed by atoms with Crippen LogP contribution in [-0.2, 0) is 20.6 Å². The molecule has 1 N–H and O–H groups in total. The summed E-state index contributed by atoms with van der Waals surface area (Å²) in [5.74, 6) is 3.87. The Balaban J connectivity index is 0.00000157. The SMILES string of the molecule is Cl.Cn1c(=O)n(C)c2cc(CNC3C4CC5CC(C4)CC3C5)ccc21. The largest absolute Gasteiger partial charge is 0.328 e. The summed E-state index contributed by atoms with van der Waals surface area (Å²) in [6.45, 7) is 0.923. The first-order chi connectivity index (χ1) is 11.6. The second kappa shape index (κ2) is 6.17. The minimum Gasteiger partial charge on any atom is -0.309 e. The fourth-order valence-electron chi connectivity index (χ4n) is 6.16. The third kappa shape index (κ3) is 2.65. The van der Waals surface area contributed by atoms with Crippen LogP contribution in [0.4, 0.5) is 0 Å². The molecule has 2 aromatic rings. The van der Waals surface area contributed by atoms with Gasteiger partial charge in [0.15, 0.2) is 0 Å². The normalized spacial score (nSPS) is 33.0. The van der Waals surface area contributed by atoms with Gasteiger partial charge in [0.25, 0.3) is 0 Å². The number of aryl methyl sites for hydroxylation is 2. The Morgan fingerprint density at radius 1 is 0.960 bits per heavy atom. The quantitative estimate of drug-likeness (QED) is 0.911. The van der Waals surface area contributed by atoms with Crippen LogP contribution in [-0.4, -0.2) is 15.2 Å². The number of halogens is 1. The van der Waals surface area contributed by atoms with E-state index in [-0.39, 0.29) is 18.1 Å². The molecule has 0 unspecified atom stereocenters. The Morgan fingerprint density at radius 2 is 1.56 bits per heavy atom. The molecule has 25 heavy (non-hydrogen) atoms. The topological polar surface area (TPSA) is 39.0 Å². The van der Waals surface area contributed by atoms with E-state index in [1.54, 1.807) is 9.13 Å². The first-order valence-corrected chi connectivity index (χ1v) is 9.48. The lowest BCUT2D eigenvalue weighted by Gasteiger charge is -2.54. The molecule has 136 valence electrons. The molecule has 4 nitrogen and oxygen atoms in total. The van der Waals surface area contributed by atoms with Crippen LogP contribution in [0.15, 0.2) is 23.0 Å². The minimum atomic E-state index is 0. The minimum absolute atomic E-state index is 0. The van der Waals surface area contributed by atoms with Gasteiger partial charge in [-0.25, -0.2) is 4.79 Å². The Hall–Kier alpha value is -1.26. The molecule has 4 bridgehead atoms. The molecule has 1 aromatic carbocycles. The van der Waals surface area contributed by atoms with Crippen LogP contribution in [0.2, 0.25) is 0 Å². The summed E-state index contributed by atoms with van der Waals surface area (Å²) in [7, 11) is 3.71. The summed E-state index contributed by atoms with van der Waals surface area (Å²) >= 11 is 0. The first-order valence-electron chi connectivity index (χ1n) is 9.48. The van der Waals surface area contributed by atoms with Gasteiger partial charge in [0.1, 0.15) is 0 Å². The van der Waals surface area contributed by atoms with E-state index in [1.807, 2.05) is 14.1 Å². The van der Waals surface area contributed by atoms with Crippen molar-refractivity contribution in [2.24, 2.45) is 37.8 Å². The second-order valence-electron chi connectivity index (χ2n) is 8.56. The number of nitrogens with zero attached hydrogens (tertiary/aromatic N) is 2. The Kier molecular flexibility index (Phi) is 4.24. The Bertz CT molecular complexity index is 824. The van der Waals surface area contributed by atoms with E-state index < -0.39 is 0 Å². The molecule has 4 aliphatic rings. The zero-order valence-corrected chi connectivity index (χ0v) is 15.9. The summed E-state index contributed by atoms with van der Waals surface area (Å²) in [4.78, 5) is 12.1. The third-order valence-corrected chi connectivity index (χ3v) is 7.11. The van der Waals surface area contributed by atoms with Gasteiger partial charge >= 0.3 is 5.69 Å². The first kappa shape index (κ1) is 17.2. The number of rotatable bonds is 3. The van der Waals surface area contributed by atoms with Crippen molar-refractivity contribution in [1.29, 1.82) is 0 Å². The maximum absolute atomic E-state index is 12.1. The van der Waals surface area contributed by atoms with E-state index in [2.05, 4.69) is 23.5 Å². The van der Waals surface area contributed by atoms with E-state index in [9.17, 15) is 4.79 Å². The molecule has 0 spiro atoms. The van der Waals surface area contributed by atoms with E-state index in [1.165, 1.54) is 37.7 Å². The molecule has 0 radical (unpaired) electrons. The predicted molar refractivity (Wildman–Crippen MR) is 103 cm³/mol. The number of aromatic nitrogens is 2. The number of benzene rings is 1. The predicted octanol–water partition coefficient (Wildman–Crippen LogP) is 3.21. The zero-order chi connectivity index (χ0) is 16.4. The Labute approximate surface area is 155 Å². The molecule has 0 aliphatic heterocycles. The smallest absolute Gasteiger partial charge is 0.309 e. The summed E-state index contributed by atoms with van der Waals surface area (Å²) < 4.78 is 3.48. The van der Waals surface area contributed by atoms with Gasteiger partial charge in [-0.15, -0.1) is 12.4 Å². The van der Waals surface area contributed by atoms with Crippen molar-refractivity contribution in [3.05, 3.63) is 34.2 Å². The highest BCUT2D eigenvalue weighted by Gasteiger charge is 2.47. The van der Waals surface area contributed by atoms with Gasteiger partial charge in [0.2, 0.25) is 0 Å². The van der Waals surface area contributed by atoms with Crippen LogP contribution < -0.4 is 11.0 Å². The molecule has 5 heteroatoms. The van der Waals surface area contributed by atoms with Crippen molar-refractivity contribution in [2.75, 3.05) is 0 Å². The number of hydrogen-bond donors (Lipinski definition) is 1. The van der Waals surface area contributed by atoms with Crippen LogP contribution in [0.25, 0.3) is 11.0 Å². The van der Waals surface area contributed by atoms with E-state index in [0.29, 0.717) is 6.04 Å². The monoisotopic (exact) mass is 361 g/mol. The molecule has 0 amide bonds. The van der Waals surface area contributed by atoms with Crippen molar-refractivity contribution in [3.63, 3.8) is 0 Å². The van der Waals surface area contributed by atoms with Crippen molar-refractivity contribution < 1.29 is 0 Å². The fourth-order valence-corrected chi connectivity index (χ4v) is 6.16. The standard InChI is InChI=1S/C20H27N3O.ClH/c1-22-17-4-3-12(10-18(17)23(2)20(22)24)11-21-19-15-6-13-5-14(8-15)9-16(19)7-13;/h3-4,10,13-16,19,21H,5-9,11H2,1-2H3;1H. The van der Waals surface area contributed by atoms with Gasteiger partial charge in [0, 0.05) is 26.7 Å². The van der Waals surface area contributed by atoms with Gasteiger partial charge in [-0.3, -0.25) is 9.13 Å². The number of nitrogens with one attached hydrogen (secondary N) is 1. The molecule has 4 fully saturated rings. The van der Waals surface area contributed by atoms with Gasteiger partial charge in [0.05, 0.1) is 11.0 Å². The number of fused-ring (bicyclic) bond motifs is 1. The molecule has 0 atom stereocenters. The van der Waals surface area contributed by atoms with E-state index in [0.717, 1.165) is 41.2 Å². The second-order valence-corrected chi connectivity index (χ2v) is 8.56. The highest BCUT2D eigenvalue weighted by atomic mass is 35.5. The lowest BCUT2D eigenvalue weighted by atomic mass is 9.54. The zero-order valence-electron chi connectivity index (χ0n) is 15.1. The summed E-state index contributed by atoms with van der Waals surface area (Å²) in [5, 5.41) is 3.89. The molecular weight excluding hydrogens is 334 g/mol. The van der Waals surface area contributed by atoms with Crippen LogP contribution in [0.3, 0.4) is 0 Å². The number of hydrogen-bond acceptors (Lipinski definition) is 2. The van der Waals surface area contributed by atoms with Crippen LogP contribution in [0.1, 0.15) is 37.7 Å². The van der Waals surface area contributed by atoms with Gasteiger partial charge in [-0.1, -0.05) is 6.07 Å². The maximum atomic E-state index is 12.1. The molecule has 4 aliphatic carbocycles. The van der Waals surface area contributed by atoms with Crippen LogP contribution in [0.5, 0.6) is 0 Å². The lowest BCUT2D eigenvalue weighted by Crippen LogP contribution is -2.54. The maximum Gasteiger partial charge on any atom is 0.328 e. The molecule has 0 saturated heterocycles. The molecule has 1 aromatic heterocycles. The van der Waals surface area contributed by atoms with Crippen molar-refractivity contribution in [3.8, 4) is 0 Å². The molecule has 4 saturated carbocycles. The van der Waals surface area contributed by atoms with E-state index >= 15 is 0 Å². The molecule has 6 rings (SSSR count). The fraction of sp³-hybridized carbons (Fsp3) is 0.650. The van der Waals surface area contributed by atoms with Crippen LogP contribution in [0, 0.1) is 23.7 Å². The van der Waals surface area contributed by atoms with Crippen LogP contribution >= 0.6 is 12.4 Å². The van der Waals surface area contributed by atoms with Gasteiger partial charge in [-0.05, 0) is 73.5 Å². The highest BCUT2D eigenvalue weighted by Crippen LogP contribution is 2.53.